The van der Waals surface area contributed by atoms with Crippen molar-refractivity contribution < 1.29 is 28.6 Å². The first-order chi connectivity index (χ1) is 30.4. The molecule has 0 rings (SSSR count). The third-order valence-electron chi connectivity index (χ3n) is 12.8. The van der Waals surface area contributed by atoms with Crippen LogP contribution in [0.1, 0.15) is 317 Å². The summed E-state index contributed by atoms with van der Waals surface area (Å²) in [4.78, 5) is 38.0. The van der Waals surface area contributed by atoms with Gasteiger partial charge in [-0.05, 0) is 25.2 Å². The van der Waals surface area contributed by atoms with E-state index >= 15 is 0 Å². The predicted molar refractivity (Wildman–Crippen MR) is 266 cm³/mol. The zero-order chi connectivity index (χ0) is 45.2. The number of unbranched alkanes of at least 4 members (excludes halogenated alkanes) is 38. The summed E-state index contributed by atoms with van der Waals surface area (Å²) in [6, 6.07) is 0. The van der Waals surface area contributed by atoms with Crippen molar-refractivity contribution in [1.82, 2.24) is 0 Å². The summed E-state index contributed by atoms with van der Waals surface area (Å²) in [7, 11) is 0. The van der Waals surface area contributed by atoms with E-state index in [1.54, 1.807) is 0 Å². The van der Waals surface area contributed by atoms with Crippen LogP contribution in [0.3, 0.4) is 0 Å². The molecule has 368 valence electrons. The van der Waals surface area contributed by atoms with Gasteiger partial charge in [0.15, 0.2) is 6.10 Å². The smallest absolute Gasteiger partial charge is 0.306 e. The van der Waals surface area contributed by atoms with Gasteiger partial charge in [0.1, 0.15) is 13.2 Å². The first-order valence-corrected chi connectivity index (χ1v) is 27.9. The Bertz CT molecular complexity index is 933. The monoisotopic (exact) mass is 877 g/mol. The van der Waals surface area contributed by atoms with Gasteiger partial charge in [0.05, 0.1) is 0 Å². The van der Waals surface area contributed by atoms with Gasteiger partial charge >= 0.3 is 17.9 Å². The highest BCUT2D eigenvalue weighted by molar-refractivity contribution is 5.71. The molecule has 0 aliphatic rings. The Labute approximate surface area is 387 Å². The fourth-order valence-electron chi connectivity index (χ4n) is 8.57. The summed E-state index contributed by atoms with van der Waals surface area (Å²) >= 11 is 0. The average molecular weight is 877 g/mol. The van der Waals surface area contributed by atoms with E-state index in [1.165, 1.54) is 212 Å². The molecule has 0 unspecified atom stereocenters. The minimum atomic E-state index is -0.761. The average Bonchev–Trinajstić information content (AvgIpc) is 3.26. The zero-order valence-electron chi connectivity index (χ0n) is 42.3. The molecule has 1 atom stereocenters. The Morgan fingerprint density at radius 1 is 0.306 bits per heavy atom. The van der Waals surface area contributed by atoms with E-state index < -0.39 is 6.10 Å². The van der Waals surface area contributed by atoms with E-state index in [-0.39, 0.29) is 31.1 Å². The number of ether oxygens (including phenoxy) is 3. The lowest BCUT2D eigenvalue weighted by molar-refractivity contribution is -0.167. The molecule has 0 aromatic carbocycles. The second-order valence-corrected chi connectivity index (χ2v) is 19.7. The highest BCUT2D eigenvalue weighted by atomic mass is 16.6. The van der Waals surface area contributed by atoms with Gasteiger partial charge in [-0.2, -0.15) is 0 Å². The Kier molecular flexibility index (Phi) is 49.1. The molecule has 6 nitrogen and oxygen atoms in total. The van der Waals surface area contributed by atoms with Gasteiger partial charge in [-0.1, -0.05) is 278 Å². The first kappa shape index (κ1) is 60.4. The molecule has 0 aliphatic heterocycles. The molecular formula is C56H108O6. The Morgan fingerprint density at radius 3 is 0.790 bits per heavy atom. The second-order valence-electron chi connectivity index (χ2n) is 19.7. The molecule has 0 bridgehead atoms. The standard InChI is InChI=1S/C56H108O6/c1-5-7-9-11-13-15-17-19-20-21-24-29-33-37-41-45-49-56(59)62-53(50-60-54(57)47-43-39-35-31-27-18-16-14-12-10-8-6-2)51-61-55(58)48-44-40-36-32-28-25-22-23-26-30-34-38-42-46-52(3)4/h52-53H,5-51H2,1-4H3/t53-/m1/s1. The van der Waals surface area contributed by atoms with Crippen molar-refractivity contribution in [1.29, 1.82) is 0 Å². The van der Waals surface area contributed by atoms with E-state index in [0.717, 1.165) is 63.7 Å². The molecule has 0 saturated heterocycles. The highest BCUT2D eigenvalue weighted by Gasteiger charge is 2.19. The van der Waals surface area contributed by atoms with Gasteiger partial charge in [0, 0.05) is 19.3 Å². The lowest BCUT2D eigenvalue weighted by Gasteiger charge is -2.18. The summed E-state index contributed by atoms with van der Waals surface area (Å²) < 4.78 is 16.9. The van der Waals surface area contributed by atoms with E-state index in [4.69, 9.17) is 14.2 Å². The highest BCUT2D eigenvalue weighted by Crippen LogP contribution is 2.18. The van der Waals surface area contributed by atoms with Gasteiger partial charge in [-0.25, -0.2) is 0 Å². The van der Waals surface area contributed by atoms with Crippen LogP contribution in [0.5, 0.6) is 0 Å². The van der Waals surface area contributed by atoms with Gasteiger partial charge in [-0.3, -0.25) is 14.4 Å². The molecule has 0 heterocycles. The minimum Gasteiger partial charge on any atom is -0.462 e. The van der Waals surface area contributed by atoms with Crippen LogP contribution >= 0.6 is 0 Å². The van der Waals surface area contributed by atoms with Crippen molar-refractivity contribution in [3.8, 4) is 0 Å². The number of carbonyl (C=O) groups is 3. The van der Waals surface area contributed by atoms with E-state index in [2.05, 4.69) is 27.7 Å². The minimum absolute atomic E-state index is 0.0621. The van der Waals surface area contributed by atoms with Crippen molar-refractivity contribution in [3.05, 3.63) is 0 Å². The first-order valence-electron chi connectivity index (χ1n) is 27.9. The quantitative estimate of drug-likeness (QED) is 0.0344. The SMILES string of the molecule is CCCCCCCCCCCCCCCCCCC(=O)O[C@H](COC(=O)CCCCCCCCCCCCCC)COC(=O)CCCCCCCCCCCCCCCC(C)C. The molecule has 0 amide bonds. The van der Waals surface area contributed by atoms with Crippen LogP contribution in [0.15, 0.2) is 0 Å². The fourth-order valence-corrected chi connectivity index (χ4v) is 8.57. The van der Waals surface area contributed by atoms with Gasteiger partial charge in [0.2, 0.25) is 0 Å². The number of rotatable bonds is 51. The molecule has 0 saturated carbocycles. The van der Waals surface area contributed by atoms with Crippen molar-refractivity contribution in [3.63, 3.8) is 0 Å². The van der Waals surface area contributed by atoms with Crippen molar-refractivity contribution in [2.75, 3.05) is 13.2 Å². The van der Waals surface area contributed by atoms with Gasteiger partial charge in [-0.15, -0.1) is 0 Å². The second kappa shape index (κ2) is 50.4. The van der Waals surface area contributed by atoms with Crippen LogP contribution in [-0.2, 0) is 28.6 Å². The Balaban J connectivity index is 4.29. The molecule has 0 aromatic rings. The number of hydrogen-bond acceptors (Lipinski definition) is 6. The molecular weight excluding hydrogens is 769 g/mol. The maximum atomic E-state index is 12.8. The Hall–Kier alpha value is -1.59. The molecule has 0 aliphatic carbocycles. The van der Waals surface area contributed by atoms with Crippen molar-refractivity contribution in [2.45, 2.75) is 323 Å². The normalized spacial score (nSPS) is 12.0. The summed E-state index contributed by atoms with van der Waals surface area (Å²) in [5.74, 6) is 0.00169. The largest absolute Gasteiger partial charge is 0.462 e. The summed E-state index contributed by atoms with van der Waals surface area (Å²) in [6.07, 6.45) is 53.7. The van der Waals surface area contributed by atoms with Crippen LogP contribution in [-0.4, -0.2) is 37.2 Å². The van der Waals surface area contributed by atoms with Crippen LogP contribution < -0.4 is 0 Å². The fraction of sp³-hybridized carbons (Fsp3) is 0.946. The molecule has 6 heteroatoms. The van der Waals surface area contributed by atoms with Gasteiger partial charge < -0.3 is 14.2 Å². The summed E-state index contributed by atoms with van der Waals surface area (Å²) in [5, 5.41) is 0. The van der Waals surface area contributed by atoms with Crippen LogP contribution in [0.25, 0.3) is 0 Å². The third-order valence-corrected chi connectivity index (χ3v) is 12.8. The Morgan fingerprint density at radius 2 is 0.532 bits per heavy atom. The third kappa shape index (κ3) is 49.4. The van der Waals surface area contributed by atoms with Crippen molar-refractivity contribution >= 4 is 17.9 Å². The summed E-state index contributed by atoms with van der Waals surface area (Å²) in [6.45, 7) is 9.05. The number of hydrogen-bond donors (Lipinski definition) is 0. The number of carbonyl (C=O) groups excluding carboxylic acids is 3. The molecule has 62 heavy (non-hydrogen) atoms. The van der Waals surface area contributed by atoms with Gasteiger partial charge in [0.25, 0.3) is 0 Å². The van der Waals surface area contributed by atoms with E-state index in [0.29, 0.717) is 19.3 Å². The maximum absolute atomic E-state index is 12.8. The van der Waals surface area contributed by atoms with E-state index in [9.17, 15) is 14.4 Å². The molecule has 0 N–H and O–H groups in total. The predicted octanol–water partition coefficient (Wildman–Crippen LogP) is 18.2. The summed E-state index contributed by atoms with van der Waals surface area (Å²) in [5.41, 5.74) is 0. The lowest BCUT2D eigenvalue weighted by atomic mass is 10.0. The van der Waals surface area contributed by atoms with Crippen molar-refractivity contribution in [2.24, 2.45) is 5.92 Å². The lowest BCUT2D eigenvalue weighted by Crippen LogP contribution is -2.30. The van der Waals surface area contributed by atoms with Crippen LogP contribution in [0.2, 0.25) is 0 Å². The molecule has 0 radical (unpaired) electrons. The molecule has 0 fully saturated rings. The van der Waals surface area contributed by atoms with E-state index in [1.807, 2.05) is 0 Å². The molecule has 0 spiro atoms. The van der Waals surface area contributed by atoms with Crippen LogP contribution in [0, 0.1) is 5.92 Å². The number of esters is 3. The molecule has 0 aromatic heterocycles. The maximum Gasteiger partial charge on any atom is 0.306 e. The zero-order valence-corrected chi connectivity index (χ0v) is 42.3. The van der Waals surface area contributed by atoms with Crippen LogP contribution in [0.4, 0.5) is 0 Å². The topological polar surface area (TPSA) is 78.9 Å².